The first-order valence-electron chi connectivity index (χ1n) is 7.38. The predicted molar refractivity (Wildman–Crippen MR) is 80.0 cm³/mol. The van der Waals surface area contributed by atoms with E-state index < -0.39 is 0 Å². The molecule has 1 N–H and O–H groups in total. The second-order valence-electron chi connectivity index (χ2n) is 5.61. The van der Waals surface area contributed by atoms with Gasteiger partial charge in [-0.1, -0.05) is 30.3 Å². The number of hydrogen-bond donors (Lipinski definition) is 1. The Balaban J connectivity index is 1.54. The monoisotopic (exact) mass is 285 g/mol. The Hall–Kier alpha value is -2.14. The molecule has 0 radical (unpaired) electrons. The Labute approximate surface area is 124 Å². The number of hydrogen-bond acceptors (Lipinski definition) is 2. The topological polar surface area (TPSA) is 42.6 Å². The predicted octanol–water partition coefficient (Wildman–Crippen LogP) is -0.0390. The Morgan fingerprint density at radius 3 is 2.57 bits per heavy atom. The normalized spacial score (nSPS) is 16.1. The van der Waals surface area contributed by atoms with Gasteiger partial charge < -0.3 is 9.80 Å². The summed E-state index contributed by atoms with van der Waals surface area (Å²) in [7, 11) is 1.83. The summed E-state index contributed by atoms with van der Waals surface area (Å²) in [5.74, 6) is 0.0989. The van der Waals surface area contributed by atoms with Crippen LogP contribution in [0.5, 0.6) is 0 Å². The summed E-state index contributed by atoms with van der Waals surface area (Å²) in [5, 5.41) is 4.07. The fourth-order valence-corrected chi connectivity index (χ4v) is 2.80. The highest BCUT2D eigenvalue weighted by atomic mass is 16.2. The third-order valence-electron chi connectivity index (χ3n) is 4.01. The Kier molecular flexibility index (Phi) is 4.01. The molecule has 1 amide bonds. The number of amides is 1. The molecule has 2 aromatic rings. The molecule has 0 unspecified atom stereocenters. The summed E-state index contributed by atoms with van der Waals surface area (Å²) in [6.07, 6.45) is 3.43. The van der Waals surface area contributed by atoms with Crippen LogP contribution in [0.4, 0.5) is 0 Å². The Bertz CT molecular complexity index is 600. The smallest absolute Gasteiger partial charge is 0.257 e. The molecule has 0 bridgehead atoms. The van der Waals surface area contributed by atoms with Gasteiger partial charge in [0, 0.05) is 18.8 Å². The van der Waals surface area contributed by atoms with Gasteiger partial charge in [-0.3, -0.25) is 9.48 Å². The molecular weight excluding hydrogens is 264 g/mol. The maximum Gasteiger partial charge on any atom is 0.257 e. The van der Waals surface area contributed by atoms with Crippen molar-refractivity contribution in [1.29, 1.82) is 0 Å². The minimum Gasteiger partial charge on any atom is -0.328 e. The maximum absolute atomic E-state index is 12.3. The van der Waals surface area contributed by atoms with Gasteiger partial charge >= 0.3 is 0 Å². The van der Waals surface area contributed by atoms with E-state index in [2.05, 4.69) is 29.4 Å². The van der Waals surface area contributed by atoms with Crippen LogP contribution in [-0.2, 0) is 13.6 Å². The lowest BCUT2D eigenvalue weighted by Crippen LogP contribution is -3.13. The van der Waals surface area contributed by atoms with Crippen LogP contribution in [0.1, 0.15) is 15.9 Å². The van der Waals surface area contributed by atoms with E-state index in [1.807, 2.05) is 18.0 Å². The molecule has 2 heterocycles. The van der Waals surface area contributed by atoms with Crippen molar-refractivity contribution in [2.75, 3.05) is 26.2 Å². The van der Waals surface area contributed by atoms with Gasteiger partial charge in [-0.05, 0) is 0 Å². The third kappa shape index (κ3) is 3.31. The lowest BCUT2D eigenvalue weighted by atomic mass is 10.2. The quantitative estimate of drug-likeness (QED) is 0.860. The number of aromatic nitrogens is 2. The average Bonchev–Trinajstić information content (AvgIpc) is 2.95. The van der Waals surface area contributed by atoms with Crippen LogP contribution in [0.3, 0.4) is 0 Å². The molecule has 1 aliphatic heterocycles. The number of rotatable bonds is 3. The van der Waals surface area contributed by atoms with Crippen molar-refractivity contribution in [3.63, 3.8) is 0 Å². The molecule has 1 aromatic carbocycles. The van der Waals surface area contributed by atoms with Crippen LogP contribution in [-0.4, -0.2) is 46.8 Å². The molecule has 3 rings (SSSR count). The van der Waals surface area contributed by atoms with Crippen molar-refractivity contribution in [3.05, 3.63) is 53.9 Å². The van der Waals surface area contributed by atoms with Crippen LogP contribution in [0.25, 0.3) is 0 Å². The van der Waals surface area contributed by atoms with Gasteiger partial charge in [0.15, 0.2) is 0 Å². The molecule has 0 atom stereocenters. The first kappa shape index (κ1) is 13.8. The fraction of sp³-hybridized carbons (Fsp3) is 0.375. The zero-order chi connectivity index (χ0) is 14.7. The molecule has 1 aliphatic rings. The van der Waals surface area contributed by atoms with E-state index in [9.17, 15) is 4.79 Å². The van der Waals surface area contributed by atoms with Crippen LogP contribution in [0.2, 0.25) is 0 Å². The van der Waals surface area contributed by atoms with E-state index in [1.165, 1.54) is 10.5 Å². The van der Waals surface area contributed by atoms with Gasteiger partial charge in [0.1, 0.15) is 6.54 Å². The molecule has 5 heteroatoms. The van der Waals surface area contributed by atoms with E-state index in [1.54, 1.807) is 17.1 Å². The lowest BCUT2D eigenvalue weighted by molar-refractivity contribution is -0.917. The number of carbonyl (C=O) groups excluding carboxylic acids is 1. The Morgan fingerprint density at radius 1 is 1.24 bits per heavy atom. The highest BCUT2D eigenvalue weighted by Gasteiger charge is 2.25. The number of carbonyl (C=O) groups is 1. The Morgan fingerprint density at radius 2 is 1.95 bits per heavy atom. The summed E-state index contributed by atoms with van der Waals surface area (Å²) in [6.45, 7) is 4.67. The molecule has 1 saturated heterocycles. The molecule has 21 heavy (non-hydrogen) atoms. The zero-order valence-corrected chi connectivity index (χ0v) is 12.3. The van der Waals surface area contributed by atoms with Gasteiger partial charge in [-0.2, -0.15) is 5.10 Å². The van der Waals surface area contributed by atoms with Gasteiger partial charge in [0.05, 0.1) is 37.9 Å². The number of aryl methyl sites for hydroxylation is 1. The van der Waals surface area contributed by atoms with Crippen molar-refractivity contribution >= 4 is 5.91 Å². The third-order valence-corrected chi connectivity index (χ3v) is 4.01. The van der Waals surface area contributed by atoms with Gasteiger partial charge in [0.2, 0.25) is 0 Å². The van der Waals surface area contributed by atoms with Crippen molar-refractivity contribution in [1.82, 2.24) is 14.7 Å². The number of nitrogens with zero attached hydrogens (tertiary/aromatic N) is 3. The van der Waals surface area contributed by atoms with Gasteiger partial charge in [0.25, 0.3) is 5.91 Å². The van der Waals surface area contributed by atoms with E-state index in [0.717, 1.165) is 32.7 Å². The second-order valence-corrected chi connectivity index (χ2v) is 5.61. The van der Waals surface area contributed by atoms with Crippen LogP contribution in [0, 0.1) is 0 Å². The standard InChI is InChI=1S/C16H20N4O/c1-18-13-15(11-17-18)16(21)20-9-7-19(8-10-20)12-14-5-3-2-4-6-14/h2-6,11,13H,7-10,12H2,1H3/p+1. The lowest BCUT2D eigenvalue weighted by Gasteiger charge is -2.32. The molecule has 110 valence electrons. The highest BCUT2D eigenvalue weighted by molar-refractivity contribution is 5.93. The average molecular weight is 285 g/mol. The van der Waals surface area contributed by atoms with Crippen molar-refractivity contribution in [3.8, 4) is 0 Å². The zero-order valence-electron chi connectivity index (χ0n) is 12.3. The minimum absolute atomic E-state index is 0.0989. The number of piperazine rings is 1. The largest absolute Gasteiger partial charge is 0.328 e. The van der Waals surface area contributed by atoms with E-state index in [-0.39, 0.29) is 5.91 Å². The molecular formula is C16H21N4O+. The number of nitrogens with one attached hydrogen (secondary N) is 1. The highest BCUT2D eigenvalue weighted by Crippen LogP contribution is 2.04. The molecule has 0 spiro atoms. The van der Waals surface area contributed by atoms with E-state index in [0.29, 0.717) is 5.56 Å². The van der Waals surface area contributed by atoms with Crippen LogP contribution >= 0.6 is 0 Å². The molecule has 0 aliphatic carbocycles. The number of quaternary nitrogens is 1. The van der Waals surface area contributed by atoms with E-state index in [4.69, 9.17) is 0 Å². The first-order chi connectivity index (χ1) is 10.2. The second kappa shape index (κ2) is 6.10. The molecule has 0 saturated carbocycles. The molecule has 1 fully saturated rings. The summed E-state index contributed by atoms with van der Waals surface area (Å²) >= 11 is 0. The summed E-state index contributed by atoms with van der Waals surface area (Å²) in [6, 6.07) is 10.5. The number of benzene rings is 1. The van der Waals surface area contributed by atoms with Crippen molar-refractivity contribution in [2.24, 2.45) is 7.05 Å². The van der Waals surface area contributed by atoms with Crippen molar-refractivity contribution in [2.45, 2.75) is 6.54 Å². The van der Waals surface area contributed by atoms with Crippen LogP contribution in [0.15, 0.2) is 42.7 Å². The first-order valence-corrected chi connectivity index (χ1v) is 7.38. The fourth-order valence-electron chi connectivity index (χ4n) is 2.80. The SMILES string of the molecule is Cn1cc(C(=O)N2CC[NH+](Cc3ccccc3)CC2)cn1. The van der Waals surface area contributed by atoms with Gasteiger partial charge in [-0.25, -0.2) is 0 Å². The van der Waals surface area contributed by atoms with Crippen LogP contribution < -0.4 is 4.90 Å². The molecule has 1 aromatic heterocycles. The van der Waals surface area contributed by atoms with Crippen molar-refractivity contribution < 1.29 is 9.69 Å². The van der Waals surface area contributed by atoms with E-state index >= 15 is 0 Å². The summed E-state index contributed by atoms with van der Waals surface area (Å²) < 4.78 is 1.67. The summed E-state index contributed by atoms with van der Waals surface area (Å²) in [4.78, 5) is 15.8. The van der Waals surface area contributed by atoms with Gasteiger partial charge in [-0.15, -0.1) is 0 Å². The maximum atomic E-state index is 12.3. The molecule has 5 nitrogen and oxygen atoms in total. The minimum atomic E-state index is 0.0989. The summed E-state index contributed by atoms with van der Waals surface area (Å²) in [5.41, 5.74) is 2.04.